The molecule has 0 bridgehead atoms. The predicted octanol–water partition coefficient (Wildman–Crippen LogP) is 2.48. The van der Waals surface area contributed by atoms with E-state index in [1.165, 1.54) is 0 Å². The molecule has 2 aliphatic rings. The molecule has 0 radical (unpaired) electrons. The summed E-state index contributed by atoms with van der Waals surface area (Å²) >= 11 is 1.60. The molecule has 2 saturated heterocycles. The lowest BCUT2D eigenvalue weighted by Crippen LogP contribution is -2.32. The molecule has 2 aliphatic heterocycles. The Balaban J connectivity index is 1.70. The number of amides is 1. The van der Waals surface area contributed by atoms with E-state index in [4.69, 9.17) is 0 Å². The number of hydrogen-bond acceptors (Lipinski definition) is 4. The second-order valence-corrected chi connectivity index (χ2v) is 7.40. The summed E-state index contributed by atoms with van der Waals surface area (Å²) in [4.78, 5) is 20.3. The van der Waals surface area contributed by atoms with Crippen molar-refractivity contribution in [3.8, 4) is 0 Å². The average molecular weight is 307 g/mol. The van der Waals surface area contributed by atoms with Crippen molar-refractivity contribution >= 4 is 17.2 Å². The van der Waals surface area contributed by atoms with Gasteiger partial charge in [-0.1, -0.05) is 6.92 Å². The van der Waals surface area contributed by atoms with Gasteiger partial charge in [-0.15, -0.1) is 11.3 Å². The molecule has 3 rings (SSSR count). The van der Waals surface area contributed by atoms with Crippen molar-refractivity contribution in [2.24, 2.45) is 11.8 Å². The van der Waals surface area contributed by atoms with Crippen LogP contribution in [0.15, 0.2) is 0 Å². The number of thiazole rings is 1. The van der Waals surface area contributed by atoms with Gasteiger partial charge in [0.1, 0.15) is 4.88 Å². The highest BCUT2D eigenvalue weighted by Gasteiger charge is 2.32. The first-order valence-electron chi connectivity index (χ1n) is 8.15. The molecular formula is C16H25N3OS. The largest absolute Gasteiger partial charge is 0.338 e. The maximum atomic E-state index is 12.8. The average Bonchev–Trinajstić information content (AvgIpc) is 3.00. The van der Waals surface area contributed by atoms with Gasteiger partial charge in [0, 0.05) is 13.1 Å². The maximum Gasteiger partial charge on any atom is 0.265 e. The number of nitrogens with zero attached hydrogens (tertiary/aromatic N) is 2. The second-order valence-electron chi connectivity index (χ2n) is 6.32. The lowest BCUT2D eigenvalue weighted by molar-refractivity contribution is 0.0762. The molecule has 21 heavy (non-hydrogen) atoms. The van der Waals surface area contributed by atoms with Crippen LogP contribution in [0.25, 0.3) is 0 Å². The molecule has 3 heterocycles. The summed E-state index contributed by atoms with van der Waals surface area (Å²) in [6.07, 6.45) is 4.35. The summed E-state index contributed by atoms with van der Waals surface area (Å²) in [7, 11) is 0. The zero-order valence-electron chi connectivity index (χ0n) is 13.0. The van der Waals surface area contributed by atoms with Crippen molar-refractivity contribution in [3.63, 3.8) is 0 Å². The first-order chi connectivity index (χ1) is 10.2. The van der Waals surface area contributed by atoms with Gasteiger partial charge in [0.05, 0.1) is 10.7 Å². The molecule has 2 fully saturated rings. The Bertz CT molecular complexity index is 500. The third-order valence-electron chi connectivity index (χ3n) is 4.81. The van der Waals surface area contributed by atoms with Gasteiger partial charge in [-0.3, -0.25) is 4.79 Å². The number of likely N-dealkylation sites (tertiary alicyclic amines) is 1. The molecule has 116 valence electrons. The standard InChI is InChI=1S/C16H25N3OS/c1-3-4-14-18-11(2)15(21-14)16(20)19-7-5-12-9-17-10-13(12)6-8-19/h12-13,17H,3-10H2,1-2H3/t12-,13+. The zero-order valence-corrected chi connectivity index (χ0v) is 13.8. The first-order valence-corrected chi connectivity index (χ1v) is 8.97. The summed E-state index contributed by atoms with van der Waals surface area (Å²) in [6.45, 7) is 8.20. The van der Waals surface area contributed by atoms with Crippen LogP contribution in [0.5, 0.6) is 0 Å². The van der Waals surface area contributed by atoms with Crippen molar-refractivity contribution in [1.82, 2.24) is 15.2 Å². The fourth-order valence-corrected chi connectivity index (χ4v) is 4.67. The third kappa shape index (κ3) is 3.14. The number of carbonyl (C=O) groups excluding carboxylic acids is 1. The van der Waals surface area contributed by atoms with E-state index in [2.05, 4.69) is 22.1 Å². The number of hydrogen-bond donors (Lipinski definition) is 1. The summed E-state index contributed by atoms with van der Waals surface area (Å²) < 4.78 is 0. The Morgan fingerprint density at radius 3 is 2.62 bits per heavy atom. The van der Waals surface area contributed by atoms with E-state index in [1.807, 2.05) is 6.92 Å². The Kier molecular flexibility index (Phi) is 4.60. The lowest BCUT2D eigenvalue weighted by atomic mass is 9.92. The van der Waals surface area contributed by atoms with Crippen molar-refractivity contribution < 1.29 is 4.79 Å². The van der Waals surface area contributed by atoms with Crippen LogP contribution in [-0.2, 0) is 6.42 Å². The Labute approximate surface area is 130 Å². The number of nitrogens with one attached hydrogen (secondary N) is 1. The van der Waals surface area contributed by atoms with E-state index in [1.54, 1.807) is 11.3 Å². The van der Waals surface area contributed by atoms with Gasteiger partial charge in [-0.2, -0.15) is 0 Å². The number of rotatable bonds is 3. The van der Waals surface area contributed by atoms with Gasteiger partial charge in [-0.05, 0) is 57.5 Å². The first kappa shape index (κ1) is 15.0. The molecule has 2 atom stereocenters. The van der Waals surface area contributed by atoms with Gasteiger partial charge in [0.15, 0.2) is 0 Å². The van der Waals surface area contributed by atoms with Crippen LogP contribution in [0, 0.1) is 18.8 Å². The third-order valence-corrected chi connectivity index (χ3v) is 6.01. The number of aromatic nitrogens is 1. The minimum atomic E-state index is 0.209. The van der Waals surface area contributed by atoms with Crippen molar-refractivity contribution in [1.29, 1.82) is 0 Å². The molecule has 1 aromatic rings. The number of fused-ring (bicyclic) bond motifs is 1. The highest BCUT2D eigenvalue weighted by Crippen LogP contribution is 2.29. The maximum absolute atomic E-state index is 12.8. The quantitative estimate of drug-likeness (QED) is 0.933. The molecule has 4 nitrogen and oxygen atoms in total. The topological polar surface area (TPSA) is 45.2 Å². The Morgan fingerprint density at radius 2 is 2.00 bits per heavy atom. The van der Waals surface area contributed by atoms with Gasteiger partial charge >= 0.3 is 0 Å². The fraction of sp³-hybridized carbons (Fsp3) is 0.750. The zero-order chi connectivity index (χ0) is 14.8. The molecule has 1 amide bonds. The van der Waals surface area contributed by atoms with E-state index < -0.39 is 0 Å². The van der Waals surface area contributed by atoms with Crippen molar-refractivity contribution in [2.75, 3.05) is 26.2 Å². The van der Waals surface area contributed by atoms with Crippen LogP contribution in [0.2, 0.25) is 0 Å². The lowest BCUT2D eigenvalue weighted by Gasteiger charge is -2.20. The summed E-state index contributed by atoms with van der Waals surface area (Å²) in [5.41, 5.74) is 0.916. The summed E-state index contributed by atoms with van der Waals surface area (Å²) in [5, 5.41) is 4.59. The summed E-state index contributed by atoms with van der Waals surface area (Å²) in [6, 6.07) is 0. The number of carbonyl (C=O) groups is 1. The normalized spacial score (nSPS) is 25.7. The van der Waals surface area contributed by atoms with Crippen LogP contribution in [0.4, 0.5) is 0 Å². The predicted molar refractivity (Wildman–Crippen MR) is 85.8 cm³/mol. The minimum Gasteiger partial charge on any atom is -0.338 e. The van der Waals surface area contributed by atoms with E-state index >= 15 is 0 Å². The highest BCUT2D eigenvalue weighted by atomic mass is 32.1. The highest BCUT2D eigenvalue weighted by molar-refractivity contribution is 7.13. The van der Waals surface area contributed by atoms with Crippen LogP contribution >= 0.6 is 11.3 Å². The smallest absolute Gasteiger partial charge is 0.265 e. The van der Waals surface area contributed by atoms with Crippen molar-refractivity contribution in [3.05, 3.63) is 15.6 Å². The van der Waals surface area contributed by atoms with Gasteiger partial charge < -0.3 is 10.2 Å². The van der Waals surface area contributed by atoms with E-state index in [-0.39, 0.29) is 5.91 Å². The van der Waals surface area contributed by atoms with Gasteiger partial charge in [0.25, 0.3) is 5.91 Å². The Hall–Kier alpha value is -0.940. The molecule has 0 aliphatic carbocycles. The van der Waals surface area contributed by atoms with Gasteiger partial charge in [0.2, 0.25) is 0 Å². The minimum absolute atomic E-state index is 0.209. The van der Waals surface area contributed by atoms with E-state index in [0.29, 0.717) is 0 Å². The number of aryl methyl sites for hydroxylation is 2. The Morgan fingerprint density at radius 1 is 1.33 bits per heavy atom. The van der Waals surface area contributed by atoms with Crippen LogP contribution in [-0.4, -0.2) is 42.0 Å². The molecule has 1 aromatic heterocycles. The molecule has 0 aromatic carbocycles. The molecule has 5 heteroatoms. The fourth-order valence-electron chi connectivity index (χ4n) is 3.54. The second kappa shape index (κ2) is 6.44. The van der Waals surface area contributed by atoms with Crippen LogP contribution in [0.3, 0.4) is 0 Å². The van der Waals surface area contributed by atoms with Gasteiger partial charge in [-0.25, -0.2) is 4.98 Å². The van der Waals surface area contributed by atoms with Crippen molar-refractivity contribution in [2.45, 2.75) is 39.5 Å². The molecule has 0 unspecified atom stereocenters. The molecular weight excluding hydrogens is 282 g/mol. The van der Waals surface area contributed by atoms with E-state index in [0.717, 1.165) is 79.3 Å². The van der Waals surface area contributed by atoms with Crippen LogP contribution < -0.4 is 5.32 Å². The molecule has 0 spiro atoms. The van der Waals surface area contributed by atoms with E-state index in [9.17, 15) is 4.79 Å². The van der Waals surface area contributed by atoms with Crippen LogP contribution in [0.1, 0.15) is 46.6 Å². The SMILES string of the molecule is CCCc1nc(C)c(C(=O)N2CC[C@@H]3CNC[C@@H]3CC2)s1. The monoisotopic (exact) mass is 307 g/mol. The molecule has 1 N–H and O–H groups in total. The molecule has 0 saturated carbocycles. The summed E-state index contributed by atoms with van der Waals surface area (Å²) in [5.74, 6) is 1.74.